The fourth-order valence-corrected chi connectivity index (χ4v) is 2.57. The standard InChI is InChI=1S/C18H14F3NO3/c1-22-17(23)15-13-9-12(24-2)7-8-14(13)25-16(15)10-3-5-11(6-4-10)18(19,20)21/h3-9H,1-2H3,(H,22,23). The Bertz CT molecular complexity index is 927. The van der Waals surface area contributed by atoms with Gasteiger partial charge in [-0.2, -0.15) is 13.2 Å². The Balaban J connectivity index is 2.19. The van der Waals surface area contributed by atoms with Crippen LogP contribution in [-0.2, 0) is 6.18 Å². The highest BCUT2D eigenvalue weighted by Crippen LogP contribution is 2.37. The Morgan fingerprint density at radius 1 is 1.12 bits per heavy atom. The predicted octanol–water partition coefficient (Wildman–Crippen LogP) is 4.49. The topological polar surface area (TPSA) is 51.5 Å². The first kappa shape index (κ1) is 16.9. The quantitative estimate of drug-likeness (QED) is 0.758. The third-order valence-corrected chi connectivity index (χ3v) is 3.82. The van der Waals surface area contributed by atoms with Crippen molar-refractivity contribution in [3.05, 3.63) is 53.6 Å². The molecule has 3 aromatic rings. The lowest BCUT2D eigenvalue weighted by molar-refractivity contribution is -0.137. The number of amides is 1. The first-order chi connectivity index (χ1) is 11.8. The molecule has 0 radical (unpaired) electrons. The third-order valence-electron chi connectivity index (χ3n) is 3.82. The minimum absolute atomic E-state index is 0.205. The first-order valence-electron chi connectivity index (χ1n) is 7.35. The van der Waals surface area contributed by atoms with E-state index >= 15 is 0 Å². The Labute approximate surface area is 141 Å². The third kappa shape index (κ3) is 3.05. The van der Waals surface area contributed by atoms with E-state index in [1.165, 1.54) is 26.3 Å². The molecule has 0 bridgehead atoms. The van der Waals surface area contributed by atoms with Crippen LogP contribution in [0.25, 0.3) is 22.3 Å². The molecule has 25 heavy (non-hydrogen) atoms. The molecule has 3 rings (SSSR count). The minimum atomic E-state index is -4.43. The van der Waals surface area contributed by atoms with Crippen LogP contribution in [0.3, 0.4) is 0 Å². The van der Waals surface area contributed by atoms with E-state index < -0.39 is 17.6 Å². The largest absolute Gasteiger partial charge is 0.497 e. The number of fused-ring (bicyclic) bond motifs is 1. The molecule has 0 aliphatic carbocycles. The number of furan rings is 1. The summed E-state index contributed by atoms with van der Waals surface area (Å²) in [7, 11) is 2.97. The van der Waals surface area contributed by atoms with E-state index in [9.17, 15) is 18.0 Å². The second-order valence-corrected chi connectivity index (χ2v) is 5.32. The van der Waals surface area contributed by atoms with Crippen LogP contribution >= 0.6 is 0 Å². The van der Waals surface area contributed by atoms with Crippen LogP contribution in [-0.4, -0.2) is 20.1 Å². The van der Waals surface area contributed by atoms with E-state index in [4.69, 9.17) is 9.15 Å². The van der Waals surface area contributed by atoms with E-state index in [2.05, 4.69) is 5.32 Å². The van der Waals surface area contributed by atoms with Gasteiger partial charge in [0.1, 0.15) is 17.1 Å². The van der Waals surface area contributed by atoms with Crippen LogP contribution in [0.15, 0.2) is 46.9 Å². The van der Waals surface area contributed by atoms with Gasteiger partial charge in [0.15, 0.2) is 0 Å². The Hall–Kier alpha value is -2.96. The van der Waals surface area contributed by atoms with E-state index in [-0.39, 0.29) is 11.3 Å². The maximum absolute atomic E-state index is 12.7. The predicted molar refractivity (Wildman–Crippen MR) is 86.6 cm³/mol. The summed E-state index contributed by atoms with van der Waals surface area (Å²) in [6.07, 6.45) is -4.43. The van der Waals surface area contributed by atoms with Crippen molar-refractivity contribution >= 4 is 16.9 Å². The summed E-state index contributed by atoms with van der Waals surface area (Å²) < 4.78 is 49.1. The van der Waals surface area contributed by atoms with Gasteiger partial charge in [0.05, 0.1) is 18.2 Å². The smallest absolute Gasteiger partial charge is 0.416 e. The molecule has 2 aromatic carbocycles. The molecular weight excluding hydrogens is 335 g/mol. The molecule has 0 atom stereocenters. The zero-order valence-corrected chi connectivity index (χ0v) is 13.4. The molecule has 0 aliphatic rings. The number of carbonyl (C=O) groups excluding carboxylic acids is 1. The summed E-state index contributed by atoms with van der Waals surface area (Å²) >= 11 is 0. The fraction of sp³-hybridized carbons (Fsp3) is 0.167. The number of nitrogens with one attached hydrogen (secondary N) is 1. The Kier molecular flexibility index (Phi) is 4.16. The number of hydrogen-bond acceptors (Lipinski definition) is 3. The van der Waals surface area contributed by atoms with E-state index in [0.29, 0.717) is 22.3 Å². The molecule has 7 heteroatoms. The van der Waals surface area contributed by atoms with Gasteiger partial charge in [-0.05, 0) is 30.3 Å². The maximum atomic E-state index is 12.7. The van der Waals surface area contributed by atoms with Crippen molar-refractivity contribution in [2.45, 2.75) is 6.18 Å². The Morgan fingerprint density at radius 2 is 1.80 bits per heavy atom. The van der Waals surface area contributed by atoms with Crippen LogP contribution in [0.5, 0.6) is 5.75 Å². The molecule has 1 N–H and O–H groups in total. The number of ether oxygens (including phenoxy) is 1. The zero-order chi connectivity index (χ0) is 18.2. The van der Waals surface area contributed by atoms with Gasteiger partial charge in [0, 0.05) is 18.0 Å². The normalized spacial score (nSPS) is 11.6. The number of methoxy groups -OCH3 is 1. The van der Waals surface area contributed by atoms with Crippen LogP contribution in [0.2, 0.25) is 0 Å². The summed E-state index contributed by atoms with van der Waals surface area (Å²) in [5.74, 6) is 0.343. The number of carbonyl (C=O) groups is 1. The summed E-state index contributed by atoms with van der Waals surface area (Å²) in [6, 6.07) is 9.45. The van der Waals surface area contributed by atoms with Gasteiger partial charge >= 0.3 is 6.18 Å². The van der Waals surface area contributed by atoms with Gasteiger partial charge < -0.3 is 14.5 Å². The minimum Gasteiger partial charge on any atom is -0.497 e. The highest BCUT2D eigenvalue weighted by molar-refractivity contribution is 6.11. The number of halogens is 3. The number of hydrogen-bond donors (Lipinski definition) is 1. The summed E-state index contributed by atoms with van der Waals surface area (Å²) in [6.45, 7) is 0. The highest BCUT2D eigenvalue weighted by atomic mass is 19.4. The molecule has 130 valence electrons. The lowest BCUT2D eigenvalue weighted by Crippen LogP contribution is -2.18. The molecule has 0 saturated heterocycles. The van der Waals surface area contributed by atoms with Crippen molar-refractivity contribution in [2.75, 3.05) is 14.2 Å². The average molecular weight is 349 g/mol. The molecule has 1 aromatic heterocycles. The first-order valence-corrected chi connectivity index (χ1v) is 7.35. The lowest BCUT2D eigenvalue weighted by Gasteiger charge is -2.07. The Morgan fingerprint density at radius 3 is 2.36 bits per heavy atom. The fourth-order valence-electron chi connectivity index (χ4n) is 2.57. The van der Waals surface area contributed by atoms with Crippen molar-refractivity contribution in [3.63, 3.8) is 0 Å². The molecule has 1 heterocycles. The van der Waals surface area contributed by atoms with Gasteiger partial charge in [0.25, 0.3) is 5.91 Å². The van der Waals surface area contributed by atoms with E-state index in [0.717, 1.165) is 12.1 Å². The van der Waals surface area contributed by atoms with E-state index in [1.807, 2.05) is 0 Å². The SMILES string of the molecule is CNC(=O)c1c(-c2ccc(C(F)(F)F)cc2)oc2ccc(OC)cc12. The van der Waals surface area contributed by atoms with E-state index in [1.54, 1.807) is 18.2 Å². The van der Waals surface area contributed by atoms with Gasteiger partial charge in [0.2, 0.25) is 0 Å². The van der Waals surface area contributed by atoms with Crippen molar-refractivity contribution in [3.8, 4) is 17.1 Å². The van der Waals surface area contributed by atoms with Gasteiger partial charge in [-0.25, -0.2) is 0 Å². The molecule has 0 saturated carbocycles. The molecule has 0 fully saturated rings. The van der Waals surface area contributed by atoms with Gasteiger partial charge in [-0.15, -0.1) is 0 Å². The summed E-state index contributed by atoms with van der Waals surface area (Å²) in [5, 5.41) is 3.04. The highest BCUT2D eigenvalue weighted by Gasteiger charge is 2.30. The van der Waals surface area contributed by atoms with Crippen molar-refractivity contribution in [1.29, 1.82) is 0 Å². The van der Waals surface area contributed by atoms with Crippen molar-refractivity contribution in [2.24, 2.45) is 0 Å². The molecule has 1 amide bonds. The molecule has 0 spiro atoms. The van der Waals surface area contributed by atoms with Crippen molar-refractivity contribution in [1.82, 2.24) is 5.32 Å². The summed E-state index contributed by atoms with van der Waals surface area (Å²) in [4.78, 5) is 12.3. The van der Waals surface area contributed by atoms with Crippen molar-refractivity contribution < 1.29 is 27.1 Å². The second-order valence-electron chi connectivity index (χ2n) is 5.32. The lowest BCUT2D eigenvalue weighted by atomic mass is 10.0. The average Bonchev–Trinajstić information content (AvgIpc) is 2.98. The zero-order valence-electron chi connectivity index (χ0n) is 13.4. The number of alkyl halides is 3. The van der Waals surface area contributed by atoms with Crippen LogP contribution in [0, 0.1) is 0 Å². The monoisotopic (exact) mass is 349 g/mol. The van der Waals surface area contributed by atoms with Gasteiger partial charge in [-0.3, -0.25) is 4.79 Å². The molecular formula is C18H14F3NO3. The second kappa shape index (κ2) is 6.16. The number of benzene rings is 2. The summed E-state index contributed by atoms with van der Waals surface area (Å²) in [5.41, 5.74) is 0.294. The molecule has 0 aliphatic heterocycles. The van der Waals surface area contributed by atoms with Crippen LogP contribution in [0.4, 0.5) is 13.2 Å². The molecule has 4 nitrogen and oxygen atoms in total. The maximum Gasteiger partial charge on any atom is 0.416 e. The number of rotatable bonds is 3. The van der Waals surface area contributed by atoms with Gasteiger partial charge in [-0.1, -0.05) is 12.1 Å². The molecule has 0 unspecified atom stereocenters. The van der Waals surface area contributed by atoms with Crippen LogP contribution in [0.1, 0.15) is 15.9 Å². The van der Waals surface area contributed by atoms with Crippen LogP contribution < -0.4 is 10.1 Å².